The summed E-state index contributed by atoms with van der Waals surface area (Å²) in [6.07, 6.45) is 2.40. The first-order valence-corrected chi connectivity index (χ1v) is 13.3. The van der Waals surface area contributed by atoms with E-state index in [1.807, 2.05) is 42.2 Å². The second kappa shape index (κ2) is 12.7. The molecular weight excluding hydrogens is 512 g/mol. The molecule has 1 aromatic carbocycles. The smallest absolute Gasteiger partial charge is 0.254 e. The van der Waals surface area contributed by atoms with Crippen LogP contribution in [0.5, 0.6) is 5.75 Å². The molecule has 3 aromatic rings. The van der Waals surface area contributed by atoms with E-state index in [2.05, 4.69) is 25.2 Å². The highest BCUT2D eigenvalue weighted by atomic mass is 35.5. The minimum absolute atomic E-state index is 0.0305. The molecule has 1 N–H and O–H groups in total. The lowest BCUT2D eigenvalue weighted by atomic mass is 10.1. The van der Waals surface area contributed by atoms with Gasteiger partial charge in [-0.3, -0.25) is 14.6 Å². The fourth-order valence-corrected chi connectivity index (χ4v) is 4.97. The summed E-state index contributed by atoms with van der Waals surface area (Å²) in [5, 5.41) is 3.64. The first-order valence-electron chi connectivity index (χ1n) is 12.0. The molecule has 0 saturated carbocycles. The zero-order valence-corrected chi connectivity index (χ0v) is 22.3. The van der Waals surface area contributed by atoms with Crippen LogP contribution in [-0.2, 0) is 11.2 Å². The highest BCUT2D eigenvalue weighted by molar-refractivity contribution is 7.99. The number of amides is 2. The Morgan fingerprint density at radius 3 is 2.78 bits per heavy atom. The van der Waals surface area contributed by atoms with Crippen molar-refractivity contribution in [2.75, 3.05) is 43.9 Å². The molecule has 0 bridgehead atoms. The summed E-state index contributed by atoms with van der Waals surface area (Å²) >= 11 is 7.52. The zero-order valence-electron chi connectivity index (χ0n) is 20.8. The lowest BCUT2D eigenvalue weighted by molar-refractivity contribution is -0.118. The number of ether oxygens (including phenoxy) is 1. The molecule has 3 heterocycles. The highest BCUT2D eigenvalue weighted by Crippen LogP contribution is 2.25. The lowest BCUT2D eigenvalue weighted by Crippen LogP contribution is -2.54. The maximum Gasteiger partial charge on any atom is 0.254 e. The zero-order chi connectivity index (χ0) is 26.2. The van der Waals surface area contributed by atoms with Gasteiger partial charge in [0.15, 0.2) is 5.16 Å². The van der Waals surface area contributed by atoms with E-state index in [9.17, 15) is 9.59 Å². The summed E-state index contributed by atoms with van der Waals surface area (Å²) in [6.45, 7) is 4.26. The molecule has 194 valence electrons. The molecule has 37 heavy (non-hydrogen) atoms. The minimum atomic E-state index is -0.107. The number of nitrogens with zero attached hydrogens (tertiary/aromatic N) is 5. The Labute approximate surface area is 225 Å². The Bertz CT molecular complexity index is 1230. The van der Waals surface area contributed by atoms with Crippen molar-refractivity contribution < 1.29 is 14.3 Å². The van der Waals surface area contributed by atoms with E-state index in [1.165, 1.54) is 11.8 Å². The van der Waals surface area contributed by atoms with Gasteiger partial charge in [-0.15, -0.1) is 0 Å². The molecule has 9 nitrogen and oxygen atoms in total. The fraction of sp³-hybridized carbons (Fsp3) is 0.346. The van der Waals surface area contributed by atoms with Gasteiger partial charge in [-0.1, -0.05) is 35.5 Å². The molecule has 1 atom stereocenters. The number of carbonyl (C=O) groups is 2. The Balaban J connectivity index is 1.31. The minimum Gasteiger partial charge on any atom is -0.497 e. The van der Waals surface area contributed by atoms with Crippen molar-refractivity contribution in [1.29, 1.82) is 0 Å². The molecule has 1 aliphatic rings. The number of rotatable bonds is 9. The standard InChI is InChI=1S/C26H29ClN6O3S/c1-18-16-32(12-13-33(18)25(35)19-6-5-8-21(14-19)36-2)23-15-22(27)30-26(31-23)37-17-24(34)29-11-9-20-7-3-4-10-28-20/h3-8,10,14-15,18H,9,11-13,16-17H2,1-2H3,(H,29,34). The third kappa shape index (κ3) is 7.33. The summed E-state index contributed by atoms with van der Waals surface area (Å²) in [5.74, 6) is 1.38. The number of nitrogens with one attached hydrogen (secondary N) is 1. The van der Waals surface area contributed by atoms with E-state index in [1.54, 1.807) is 31.5 Å². The van der Waals surface area contributed by atoms with Crippen molar-refractivity contribution in [3.63, 3.8) is 0 Å². The number of hydrogen-bond donors (Lipinski definition) is 1. The molecule has 11 heteroatoms. The van der Waals surface area contributed by atoms with E-state index in [0.717, 1.165) is 5.69 Å². The van der Waals surface area contributed by atoms with E-state index in [0.29, 0.717) is 60.0 Å². The Morgan fingerprint density at radius 2 is 2.03 bits per heavy atom. The maximum absolute atomic E-state index is 13.1. The van der Waals surface area contributed by atoms with Crippen LogP contribution in [-0.4, -0.2) is 76.7 Å². The number of benzene rings is 1. The number of piperazine rings is 1. The quantitative estimate of drug-likeness (QED) is 0.250. The topological polar surface area (TPSA) is 101 Å². The van der Waals surface area contributed by atoms with E-state index in [4.69, 9.17) is 16.3 Å². The Hall–Kier alpha value is -3.37. The van der Waals surface area contributed by atoms with Gasteiger partial charge < -0.3 is 19.9 Å². The van der Waals surface area contributed by atoms with Gasteiger partial charge in [0.25, 0.3) is 5.91 Å². The van der Waals surface area contributed by atoms with Gasteiger partial charge in [0.1, 0.15) is 16.7 Å². The highest BCUT2D eigenvalue weighted by Gasteiger charge is 2.29. The molecule has 2 amide bonds. The average Bonchev–Trinajstić information content (AvgIpc) is 2.92. The Morgan fingerprint density at radius 1 is 1.16 bits per heavy atom. The molecule has 1 unspecified atom stereocenters. The second-order valence-corrected chi connectivity index (χ2v) is 9.90. The number of halogens is 1. The van der Waals surface area contributed by atoms with Crippen LogP contribution >= 0.6 is 23.4 Å². The molecule has 1 fully saturated rings. The number of methoxy groups -OCH3 is 1. The maximum atomic E-state index is 13.1. The van der Waals surface area contributed by atoms with Gasteiger partial charge in [0.05, 0.1) is 12.9 Å². The lowest BCUT2D eigenvalue weighted by Gasteiger charge is -2.40. The van der Waals surface area contributed by atoms with Crippen molar-refractivity contribution in [3.8, 4) is 5.75 Å². The molecule has 2 aromatic heterocycles. The monoisotopic (exact) mass is 540 g/mol. The summed E-state index contributed by atoms with van der Waals surface area (Å²) in [4.78, 5) is 42.5. The second-order valence-electron chi connectivity index (χ2n) is 8.57. The predicted octanol–water partition coefficient (Wildman–Crippen LogP) is 3.34. The number of anilines is 1. The number of pyridine rings is 1. The van der Waals surface area contributed by atoms with Crippen LogP contribution < -0.4 is 15.0 Å². The molecule has 0 aliphatic carbocycles. The van der Waals surface area contributed by atoms with E-state index >= 15 is 0 Å². The summed E-state index contributed by atoms with van der Waals surface area (Å²) in [5.41, 5.74) is 1.53. The fourth-order valence-electron chi connectivity index (χ4n) is 4.06. The first kappa shape index (κ1) is 26.7. The van der Waals surface area contributed by atoms with Crippen molar-refractivity contribution >= 4 is 41.0 Å². The van der Waals surface area contributed by atoms with Crippen molar-refractivity contribution in [1.82, 2.24) is 25.2 Å². The number of aromatic nitrogens is 3. The van der Waals surface area contributed by atoms with Crippen LogP contribution in [0.1, 0.15) is 23.0 Å². The van der Waals surface area contributed by atoms with E-state index in [-0.39, 0.29) is 23.6 Å². The van der Waals surface area contributed by atoms with Gasteiger partial charge in [0.2, 0.25) is 5.91 Å². The number of hydrogen-bond acceptors (Lipinski definition) is 8. The average molecular weight is 541 g/mol. The van der Waals surface area contributed by atoms with Gasteiger partial charge in [-0.2, -0.15) is 0 Å². The molecular formula is C26H29ClN6O3S. The van der Waals surface area contributed by atoms with Gasteiger partial charge in [-0.05, 0) is 37.3 Å². The molecule has 1 aliphatic heterocycles. The summed E-state index contributed by atoms with van der Waals surface area (Å²) in [7, 11) is 1.58. The van der Waals surface area contributed by atoms with Crippen LogP contribution in [0.15, 0.2) is 59.9 Å². The predicted molar refractivity (Wildman–Crippen MR) is 144 cm³/mol. The van der Waals surface area contributed by atoms with Crippen LogP contribution in [0.3, 0.4) is 0 Å². The van der Waals surface area contributed by atoms with Crippen molar-refractivity contribution in [2.45, 2.75) is 24.5 Å². The molecule has 1 saturated heterocycles. The summed E-state index contributed by atoms with van der Waals surface area (Å²) in [6, 6.07) is 14.6. The van der Waals surface area contributed by atoms with Gasteiger partial charge in [-0.25, -0.2) is 9.97 Å². The van der Waals surface area contributed by atoms with Crippen LogP contribution in [0.25, 0.3) is 0 Å². The van der Waals surface area contributed by atoms with E-state index < -0.39 is 0 Å². The largest absolute Gasteiger partial charge is 0.497 e. The third-order valence-electron chi connectivity index (χ3n) is 5.95. The Kier molecular flexibility index (Phi) is 9.19. The van der Waals surface area contributed by atoms with Gasteiger partial charge >= 0.3 is 0 Å². The SMILES string of the molecule is COc1cccc(C(=O)N2CCN(c3cc(Cl)nc(SCC(=O)NCCc4ccccn4)n3)CC2C)c1. The third-order valence-corrected chi connectivity index (χ3v) is 6.99. The van der Waals surface area contributed by atoms with Crippen LogP contribution in [0, 0.1) is 0 Å². The van der Waals surface area contributed by atoms with Crippen molar-refractivity contribution in [2.24, 2.45) is 0 Å². The van der Waals surface area contributed by atoms with Crippen LogP contribution in [0.2, 0.25) is 5.15 Å². The molecule has 0 radical (unpaired) electrons. The normalized spacial score (nSPS) is 15.4. The molecule has 0 spiro atoms. The number of thioether (sulfide) groups is 1. The van der Waals surface area contributed by atoms with Crippen molar-refractivity contribution in [3.05, 3.63) is 71.1 Å². The van der Waals surface area contributed by atoms with Crippen LogP contribution in [0.4, 0.5) is 5.82 Å². The summed E-state index contributed by atoms with van der Waals surface area (Å²) < 4.78 is 5.25. The number of carbonyl (C=O) groups excluding carboxylic acids is 2. The first-order chi connectivity index (χ1) is 17.9. The molecule has 4 rings (SSSR count). The van der Waals surface area contributed by atoms with Gasteiger partial charge in [0, 0.05) is 62.2 Å².